The van der Waals surface area contributed by atoms with Gasteiger partial charge in [0, 0.05) is 57.1 Å². The standard InChI is InChI=1S/C16H27N3O2S/c1-16(2,3)13(20)12-18-7-9-19(10-8-18)15(21)5-4-14-17-6-11-22-14/h6,11,13,20H,4-5,7-10,12H2,1-3H3. The number of β-amino-alcohol motifs (C(OH)–C–C–N with tert-alkyl or cyclic N) is 1. The van der Waals surface area contributed by atoms with Crippen molar-refractivity contribution in [2.75, 3.05) is 32.7 Å². The number of aryl methyl sites for hydroxylation is 1. The molecule has 0 saturated carbocycles. The third-order valence-electron chi connectivity index (χ3n) is 4.19. The lowest BCUT2D eigenvalue weighted by molar-refractivity contribution is -0.133. The van der Waals surface area contributed by atoms with E-state index in [1.807, 2.05) is 10.3 Å². The molecule has 1 saturated heterocycles. The monoisotopic (exact) mass is 325 g/mol. The van der Waals surface area contributed by atoms with Crippen LogP contribution in [0.2, 0.25) is 0 Å². The highest BCUT2D eigenvalue weighted by molar-refractivity contribution is 7.09. The minimum Gasteiger partial charge on any atom is -0.391 e. The number of carbonyl (C=O) groups excluding carboxylic acids is 1. The van der Waals surface area contributed by atoms with Gasteiger partial charge in [-0.15, -0.1) is 11.3 Å². The van der Waals surface area contributed by atoms with Crippen LogP contribution in [0.25, 0.3) is 0 Å². The van der Waals surface area contributed by atoms with Crippen LogP contribution in [0, 0.1) is 5.41 Å². The molecule has 2 rings (SSSR count). The highest BCUT2D eigenvalue weighted by Gasteiger charge is 2.27. The number of piperazine rings is 1. The number of nitrogens with zero attached hydrogens (tertiary/aromatic N) is 3. The van der Waals surface area contributed by atoms with Crippen LogP contribution in [-0.2, 0) is 11.2 Å². The number of hydrogen-bond donors (Lipinski definition) is 1. The summed E-state index contributed by atoms with van der Waals surface area (Å²) < 4.78 is 0. The fourth-order valence-electron chi connectivity index (χ4n) is 2.45. The summed E-state index contributed by atoms with van der Waals surface area (Å²) in [5.41, 5.74) is -0.0966. The van der Waals surface area contributed by atoms with E-state index in [4.69, 9.17) is 0 Å². The van der Waals surface area contributed by atoms with E-state index in [1.165, 1.54) is 0 Å². The Kier molecular flexibility index (Phi) is 5.94. The lowest BCUT2D eigenvalue weighted by Gasteiger charge is -2.38. The van der Waals surface area contributed by atoms with Crippen LogP contribution in [0.4, 0.5) is 0 Å². The zero-order valence-corrected chi connectivity index (χ0v) is 14.6. The van der Waals surface area contributed by atoms with Crippen molar-refractivity contribution in [1.29, 1.82) is 0 Å². The van der Waals surface area contributed by atoms with E-state index in [0.29, 0.717) is 13.0 Å². The maximum Gasteiger partial charge on any atom is 0.223 e. The smallest absolute Gasteiger partial charge is 0.223 e. The number of carbonyl (C=O) groups is 1. The minimum atomic E-state index is -0.334. The zero-order chi connectivity index (χ0) is 16.2. The van der Waals surface area contributed by atoms with E-state index in [1.54, 1.807) is 17.5 Å². The third kappa shape index (κ3) is 5.04. The molecule has 0 aliphatic carbocycles. The Morgan fingerprint density at radius 3 is 2.59 bits per heavy atom. The van der Waals surface area contributed by atoms with Gasteiger partial charge in [0.1, 0.15) is 0 Å². The molecule has 1 aliphatic rings. The maximum atomic E-state index is 12.2. The number of hydrogen-bond acceptors (Lipinski definition) is 5. The first kappa shape index (κ1) is 17.4. The molecule has 0 radical (unpaired) electrons. The number of amides is 1. The van der Waals surface area contributed by atoms with Crippen molar-refractivity contribution in [3.8, 4) is 0 Å². The summed E-state index contributed by atoms with van der Waals surface area (Å²) in [6.07, 6.45) is 2.72. The van der Waals surface area contributed by atoms with Crippen LogP contribution in [-0.4, -0.2) is 64.6 Å². The van der Waals surface area contributed by atoms with Crippen molar-refractivity contribution in [1.82, 2.24) is 14.8 Å². The van der Waals surface area contributed by atoms with Crippen LogP contribution in [0.1, 0.15) is 32.2 Å². The Morgan fingerprint density at radius 1 is 1.36 bits per heavy atom. The fourth-order valence-corrected chi connectivity index (χ4v) is 3.07. The van der Waals surface area contributed by atoms with Crippen LogP contribution in [0.15, 0.2) is 11.6 Å². The van der Waals surface area contributed by atoms with Crippen molar-refractivity contribution in [2.45, 2.75) is 39.7 Å². The molecule has 2 heterocycles. The van der Waals surface area contributed by atoms with Crippen molar-refractivity contribution in [3.63, 3.8) is 0 Å². The molecule has 0 aromatic carbocycles. The van der Waals surface area contributed by atoms with Gasteiger partial charge in [0.2, 0.25) is 5.91 Å². The predicted octanol–water partition coefficient (Wildman–Crippen LogP) is 1.63. The van der Waals surface area contributed by atoms with Gasteiger partial charge in [-0.05, 0) is 5.41 Å². The first-order valence-corrected chi connectivity index (χ1v) is 8.81. The Bertz CT molecular complexity index is 462. The number of aliphatic hydroxyl groups excluding tert-OH is 1. The summed E-state index contributed by atoms with van der Waals surface area (Å²) in [7, 11) is 0. The van der Waals surface area contributed by atoms with E-state index in [-0.39, 0.29) is 17.4 Å². The molecule has 1 atom stereocenters. The molecule has 1 unspecified atom stereocenters. The number of aromatic nitrogens is 1. The van der Waals surface area contributed by atoms with E-state index < -0.39 is 0 Å². The minimum absolute atomic E-state index is 0.0966. The summed E-state index contributed by atoms with van der Waals surface area (Å²) >= 11 is 1.60. The van der Waals surface area contributed by atoms with Crippen LogP contribution in [0.3, 0.4) is 0 Å². The van der Waals surface area contributed by atoms with Crippen molar-refractivity contribution >= 4 is 17.2 Å². The molecule has 1 fully saturated rings. The van der Waals surface area contributed by atoms with Gasteiger partial charge < -0.3 is 10.0 Å². The SMILES string of the molecule is CC(C)(C)C(O)CN1CCN(C(=O)CCc2nccs2)CC1. The Balaban J connectivity index is 1.71. The molecular weight excluding hydrogens is 298 g/mol. The van der Waals surface area contributed by atoms with Gasteiger partial charge in [-0.2, -0.15) is 0 Å². The van der Waals surface area contributed by atoms with E-state index in [0.717, 1.165) is 37.6 Å². The van der Waals surface area contributed by atoms with Gasteiger partial charge >= 0.3 is 0 Å². The van der Waals surface area contributed by atoms with Crippen LogP contribution < -0.4 is 0 Å². The van der Waals surface area contributed by atoms with E-state index in [9.17, 15) is 9.90 Å². The first-order chi connectivity index (χ1) is 10.4. The van der Waals surface area contributed by atoms with Gasteiger partial charge in [0.15, 0.2) is 0 Å². The molecule has 1 aliphatic heterocycles. The van der Waals surface area contributed by atoms with Crippen LogP contribution >= 0.6 is 11.3 Å². The largest absolute Gasteiger partial charge is 0.391 e. The van der Waals surface area contributed by atoms with Crippen molar-refractivity contribution < 1.29 is 9.90 Å². The second-order valence-electron chi connectivity index (χ2n) is 6.99. The molecule has 22 heavy (non-hydrogen) atoms. The summed E-state index contributed by atoms with van der Waals surface area (Å²) in [6, 6.07) is 0. The molecule has 124 valence electrons. The van der Waals surface area contributed by atoms with Gasteiger partial charge in [0.25, 0.3) is 0 Å². The Morgan fingerprint density at radius 2 is 2.05 bits per heavy atom. The van der Waals surface area contributed by atoms with Crippen LogP contribution in [0.5, 0.6) is 0 Å². The molecular formula is C16H27N3O2S. The van der Waals surface area contributed by atoms with Gasteiger partial charge in [-0.1, -0.05) is 20.8 Å². The molecule has 0 spiro atoms. The molecule has 5 nitrogen and oxygen atoms in total. The first-order valence-electron chi connectivity index (χ1n) is 7.93. The van der Waals surface area contributed by atoms with Gasteiger partial charge in [-0.25, -0.2) is 4.98 Å². The average molecular weight is 325 g/mol. The number of thiazole rings is 1. The zero-order valence-electron chi connectivity index (χ0n) is 13.8. The summed E-state index contributed by atoms with van der Waals surface area (Å²) in [6.45, 7) is 10.0. The second-order valence-corrected chi connectivity index (χ2v) is 7.97. The molecule has 1 aromatic heterocycles. The fraction of sp³-hybridized carbons (Fsp3) is 0.750. The number of rotatable bonds is 5. The topological polar surface area (TPSA) is 56.7 Å². The lowest BCUT2D eigenvalue weighted by Crippen LogP contribution is -2.51. The molecule has 1 N–H and O–H groups in total. The normalized spacial score (nSPS) is 18.5. The summed E-state index contributed by atoms with van der Waals surface area (Å²) in [5.74, 6) is 0.214. The van der Waals surface area contributed by atoms with Gasteiger partial charge in [0.05, 0.1) is 11.1 Å². The molecule has 1 amide bonds. The highest BCUT2D eigenvalue weighted by atomic mass is 32.1. The highest BCUT2D eigenvalue weighted by Crippen LogP contribution is 2.20. The maximum absolute atomic E-state index is 12.2. The summed E-state index contributed by atoms with van der Waals surface area (Å²) in [4.78, 5) is 20.6. The van der Waals surface area contributed by atoms with E-state index in [2.05, 4.69) is 30.7 Å². The third-order valence-corrected chi connectivity index (χ3v) is 5.03. The Labute approximate surface area is 137 Å². The predicted molar refractivity (Wildman–Crippen MR) is 88.9 cm³/mol. The van der Waals surface area contributed by atoms with E-state index >= 15 is 0 Å². The second kappa shape index (κ2) is 7.53. The Hall–Kier alpha value is -0.980. The van der Waals surface area contributed by atoms with Gasteiger partial charge in [-0.3, -0.25) is 9.69 Å². The molecule has 0 bridgehead atoms. The molecule has 1 aromatic rings. The number of aliphatic hydroxyl groups is 1. The lowest BCUT2D eigenvalue weighted by atomic mass is 9.89. The average Bonchev–Trinajstić information content (AvgIpc) is 2.98. The summed E-state index contributed by atoms with van der Waals surface area (Å²) in [5, 5.41) is 13.1. The van der Waals surface area contributed by atoms with Crippen molar-refractivity contribution in [3.05, 3.63) is 16.6 Å². The molecule has 6 heteroatoms. The van der Waals surface area contributed by atoms with Crippen molar-refractivity contribution in [2.24, 2.45) is 5.41 Å². The quantitative estimate of drug-likeness (QED) is 0.894.